The fraction of sp³-hybridized carbons (Fsp3) is 0.235. The van der Waals surface area contributed by atoms with E-state index in [4.69, 9.17) is 14.2 Å². The van der Waals surface area contributed by atoms with E-state index in [0.29, 0.717) is 17.2 Å². The Bertz CT molecular complexity index is 796. The van der Waals surface area contributed by atoms with Crippen molar-refractivity contribution in [3.8, 4) is 11.5 Å². The molecule has 2 amide bonds. The number of methoxy groups -OCH3 is 2. The van der Waals surface area contributed by atoms with Crippen molar-refractivity contribution in [2.24, 2.45) is 7.05 Å². The summed E-state index contributed by atoms with van der Waals surface area (Å²) < 4.78 is 16.6. The highest BCUT2D eigenvalue weighted by atomic mass is 16.5. The molecule has 0 spiro atoms. The smallest absolute Gasteiger partial charge is 0.338 e. The highest BCUT2D eigenvalue weighted by Gasteiger charge is 2.16. The number of amides is 2. The van der Waals surface area contributed by atoms with Gasteiger partial charge in [0.2, 0.25) is 0 Å². The maximum absolute atomic E-state index is 12.0. The van der Waals surface area contributed by atoms with Crippen LogP contribution in [0.2, 0.25) is 0 Å². The molecule has 8 nitrogen and oxygen atoms in total. The highest BCUT2D eigenvalue weighted by molar-refractivity contribution is 6.04. The lowest BCUT2D eigenvalue weighted by atomic mass is 10.2. The zero-order valence-corrected chi connectivity index (χ0v) is 14.1. The van der Waals surface area contributed by atoms with Crippen molar-refractivity contribution in [1.29, 1.82) is 0 Å². The largest absolute Gasteiger partial charge is 0.493 e. The maximum atomic E-state index is 12.0. The molecule has 0 saturated carbocycles. The molecule has 0 fully saturated rings. The van der Waals surface area contributed by atoms with E-state index in [9.17, 15) is 14.4 Å². The average Bonchev–Trinajstić information content (AvgIpc) is 3.05. The first-order valence-electron chi connectivity index (χ1n) is 7.31. The van der Waals surface area contributed by atoms with Gasteiger partial charge in [0.1, 0.15) is 5.69 Å². The van der Waals surface area contributed by atoms with Gasteiger partial charge in [-0.25, -0.2) is 4.79 Å². The van der Waals surface area contributed by atoms with Crippen molar-refractivity contribution < 1.29 is 28.6 Å². The number of carbonyl (C=O) groups is 3. The normalized spacial score (nSPS) is 10.0. The molecule has 0 unspecified atom stereocenters. The van der Waals surface area contributed by atoms with E-state index in [1.165, 1.54) is 26.4 Å². The first kappa shape index (κ1) is 18.1. The second kappa shape index (κ2) is 8.00. The Balaban J connectivity index is 1.92. The molecule has 0 radical (unpaired) electrons. The lowest BCUT2D eigenvalue weighted by Gasteiger charge is -2.09. The molecule has 0 aliphatic carbocycles. The molecule has 25 heavy (non-hydrogen) atoms. The summed E-state index contributed by atoms with van der Waals surface area (Å²) in [6, 6.07) is 7.72. The fourth-order valence-electron chi connectivity index (χ4n) is 2.10. The number of ether oxygens (including phenoxy) is 3. The van der Waals surface area contributed by atoms with Crippen molar-refractivity contribution in [3.05, 3.63) is 47.8 Å². The fourth-order valence-corrected chi connectivity index (χ4v) is 2.10. The van der Waals surface area contributed by atoms with Gasteiger partial charge in [0, 0.05) is 13.2 Å². The Labute approximate surface area is 144 Å². The molecule has 0 bridgehead atoms. The number of esters is 1. The standard InChI is InChI=1S/C17H18N2O6/c1-19-8-4-5-12(19)16(21)18-15(20)10-25-17(22)11-6-7-13(23-2)14(9-11)24-3/h4-9H,10H2,1-3H3,(H,18,20,21). The zero-order chi connectivity index (χ0) is 18.4. The van der Waals surface area contributed by atoms with Crippen LogP contribution in [0.5, 0.6) is 11.5 Å². The second-order valence-electron chi connectivity index (χ2n) is 5.03. The summed E-state index contributed by atoms with van der Waals surface area (Å²) in [5, 5.41) is 2.15. The molecule has 1 aromatic carbocycles. The van der Waals surface area contributed by atoms with Gasteiger partial charge in [-0.05, 0) is 30.3 Å². The summed E-state index contributed by atoms with van der Waals surface area (Å²) in [5.74, 6) is -1.19. The predicted octanol–water partition coefficient (Wildman–Crippen LogP) is 1.16. The van der Waals surface area contributed by atoms with E-state index in [1.807, 2.05) is 0 Å². The van der Waals surface area contributed by atoms with Gasteiger partial charge in [0.15, 0.2) is 18.1 Å². The average molecular weight is 346 g/mol. The summed E-state index contributed by atoms with van der Waals surface area (Å²) in [6.45, 7) is -0.580. The Kier molecular flexibility index (Phi) is 5.78. The maximum Gasteiger partial charge on any atom is 0.338 e. The monoisotopic (exact) mass is 346 g/mol. The summed E-state index contributed by atoms with van der Waals surface area (Å²) >= 11 is 0. The number of benzene rings is 1. The van der Waals surface area contributed by atoms with Gasteiger partial charge in [-0.15, -0.1) is 0 Å². The topological polar surface area (TPSA) is 95.9 Å². The number of nitrogens with one attached hydrogen (secondary N) is 1. The first-order chi connectivity index (χ1) is 12.0. The number of rotatable bonds is 6. The van der Waals surface area contributed by atoms with Gasteiger partial charge >= 0.3 is 5.97 Å². The van der Waals surface area contributed by atoms with Crippen LogP contribution in [0.1, 0.15) is 20.8 Å². The van der Waals surface area contributed by atoms with Crippen molar-refractivity contribution in [2.75, 3.05) is 20.8 Å². The number of nitrogens with zero attached hydrogens (tertiary/aromatic N) is 1. The molecule has 0 saturated heterocycles. The number of hydrogen-bond donors (Lipinski definition) is 1. The van der Waals surface area contributed by atoms with Crippen LogP contribution in [0.3, 0.4) is 0 Å². The Hall–Kier alpha value is -3.29. The molecule has 0 aliphatic heterocycles. The van der Waals surface area contributed by atoms with Gasteiger partial charge in [0.25, 0.3) is 11.8 Å². The lowest BCUT2D eigenvalue weighted by molar-refractivity contribution is -0.123. The van der Waals surface area contributed by atoms with Gasteiger partial charge < -0.3 is 18.8 Å². The van der Waals surface area contributed by atoms with Crippen LogP contribution in [0.15, 0.2) is 36.5 Å². The van der Waals surface area contributed by atoms with Crippen molar-refractivity contribution >= 4 is 17.8 Å². The van der Waals surface area contributed by atoms with Crippen LogP contribution in [0, 0.1) is 0 Å². The minimum atomic E-state index is -0.722. The Morgan fingerprint density at radius 3 is 2.40 bits per heavy atom. The molecule has 2 rings (SSSR count). The number of hydrogen-bond acceptors (Lipinski definition) is 6. The van der Waals surface area contributed by atoms with E-state index in [1.54, 1.807) is 36.0 Å². The first-order valence-corrected chi connectivity index (χ1v) is 7.31. The van der Waals surface area contributed by atoms with Crippen LogP contribution in [0.4, 0.5) is 0 Å². The molecule has 0 aliphatic rings. The van der Waals surface area contributed by atoms with Crippen molar-refractivity contribution in [1.82, 2.24) is 9.88 Å². The number of aryl methyl sites for hydroxylation is 1. The zero-order valence-electron chi connectivity index (χ0n) is 14.1. The number of aromatic nitrogens is 1. The lowest BCUT2D eigenvalue weighted by Crippen LogP contribution is -2.35. The van der Waals surface area contributed by atoms with Crippen LogP contribution in [-0.2, 0) is 16.6 Å². The van der Waals surface area contributed by atoms with Gasteiger partial charge in [-0.1, -0.05) is 0 Å². The molecule has 1 N–H and O–H groups in total. The van der Waals surface area contributed by atoms with E-state index < -0.39 is 24.4 Å². The minimum absolute atomic E-state index is 0.194. The van der Waals surface area contributed by atoms with Gasteiger partial charge in [-0.3, -0.25) is 14.9 Å². The van der Waals surface area contributed by atoms with Crippen LogP contribution < -0.4 is 14.8 Å². The molecule has 8 heteroatoms. The van der Waals surface area contributed by atoms with E-state index in [2.05, 4.69) is 5.32 Å². The molecule has 1 aromatic heterocycles. The highest BCUT2D eigenvalue weighted by Crippen LogP contribution is 2.27. The van der Waals surface area contributed by atoms with E-state index >= 15 is 0 Å². The predicted molar refractivity (Wildman–Crippen MR) is 87.7 cm³/mol. The summed E-state index contributed by atoms with van der Waals surface area (Å²) in [4.78, 5) is 35.6. The summed E-state index contributed by atoms with van der Waals surface area (Å²) in [5.41, 5.74) is 0.513. The molecular weight excluding hydrogens is 328 g/mol. The van der Waals surface area contributed by atoms with Gasteiger partial charge in [0.05, 0.1) is 19.8 Å². The SMILES string of the molecule is COc1ccc(C(=O)OCC(=O)NC(=O)c2cccn2C)cc1OC. The van der Waals surface area contributed by atoms with E-state index in [-0.39, 0.29) is 5.56 Å². The summed E-state index contributed by atoms with van der Waals surface area (Å²) in [6.07, 6.45) is 1.68. The third-order valence-electron chi connectivity index (χ3n) is 3.38. The van der Waals surface area contributed by atoms with Crippen molar-refractivity contribution in [3.63, 3.8) is 0 Å². The molecule has 1 heterocycles. The van der Waals surface area contributed by atoms with Gasteiger partial charge in [-0.2, -0.15) is 0 Å². The van der Waals surface area contributed by atoms with Crippen LogP contribution in [0.25, 0.3) is 0 Å². The third kappa shape index (κ3) is 4.37. The van der Waals surface area contributed by atoms with Crippen LogP contribution in [-0.4, -0.2) is 43.2 Å². The number of carbonyl (C=O) groups excluding carboxylic acids is 3. The third-order valence-corrected chi connectivity index (χ3v) is 3.38. The van der Waals surface area contributed by atoms with Crippen LogP contribution >= 0.6 is 0 Å². The molecular formula is C17H18N2O6. The quantitative estimate of drug-likeness (QED) is 0.789. The van der Waals surface area contributed by atoms with Crippen molar-refractivity contribution in [2.45, 2.75) is 0 Å². The Morgan fingerprint density at radius 1 is 1.08 bits per heavy atom. The Morgan fingerprint density at radius 2 is 1.80 bits per heavy atom. The molecule has 0 atom stereocenters. The van der Waals surface area contributed by atoms with E-state index in [0.717, 1.165) is 0 Å². The molecule has 2 aromatic rings. The minimum Gasteiger partial charge on any atom is -0.493 e. The second-order valence-corrected chi connectivity index (χ2v) is 5.03. The molecule has 132 valence electrons. The summed E-state index contributed by atoms with van der Waals surface area (Å²) in [7, 11) is 4.59. The number of imide groups is 1.